The third-order valence-corrected chi connectivity index (χ3v) is 6.25. The summed E-state index contributed by atoms with van der Waals surface area (Å²) in [4.78, 5) is 19.7. The first-order valence-electron chi connectivity index (χ1n) is 12.0. The van der Waals surface area contributed by atoms with E-state index in [1.807, 2.05) is 18.7 Å². The lowest BCUT2D eigenvalue weighted by Crippen LogP contribution is -2.39. The van der Waals surface area contributed by atoms with Gasteiger partial charge in [-0.05, 0) is 56.4 Å². The number of piperidine rings is 1. The monoisotopic (exact) mass is 446 g/mol. The highest BCUT2D eigenvalue weighted by molar-refractivity contribution is 5.76. The zero-order valence-corrected chi connectivity index (χ0v) is 20.2. The van der Waals surface area contributed by atoms with Gasteiger partial charge in [0.05, 0.1) is 0 Å². The molecule has 0 aliphatic carbocycles. The van der Waals surface area contributed by atoms with E-state index in [-0.39, 0.29) is 17.7 Å². The molecule has 1 saturated heterocycles. The zero-order valence-electron chi connectivity index (χ0n) is 20.2. The van der Waals surface area contributed by atoms with Crippen LogP contribution in [-0.4, -0.2) is 39.1 Å². The molecule has 0 bridgehead atoms. The van der Waals surface area contributed by atoms with Crippen LogP contribution in [0.2, 0.25) is 0 Å². The average Bonchev–Trinajstić information content (AvgIpc) is 3.27. The minimum Gasteiger partial charge on any atom is -0.425 e. The van der Waals surface area contributed by atoms with Crippen molar-refractivity contribution in [1.29, 1.82) is 0 Å². The highest BCUT2D eigenvalue weighted by Crippen LogP contribution is 2.28. The molecule has 174 valence electrons. The van der Waals surface area contributed by atoms with Crippen molar-refractivity contribution in [3.8, 4) is 0 Å². The van der Waals surface area contributed by atoms with Gasteiger partial charge in [-0.2, -0.15) is 0 Å². The molecular formula is C27H34N4O2. The number of carbonyl (C=O) groups is 1. The molecular weight excluding hydrogens is 412 g/mol. The summed E-state index contributed by atoms with van der Waals surface area (Å²) in [7, 11) is 0. The average molecular weight is 447 g/mol. The number of pyridine rings is 1. The lowest BCUT2D eigenvalue weighted by atomic mass is 9.92. The summed E-state index contributed by atoms with van der Waals surface area (Å²) in [5, 5.41) is 8.14. The molecule has 0 radical (unpaired) electrons. The van der Waals surface area contributed by atoms with Crippen LogP contribution in [0.3, 0.4) is 0 Å². The highest BCUT2D eigenvalue weighted by atomic mass is 16.4. The summed E-state index contributed by atoms with van der Waals surface area (Å²) in [5.41, 5.74) is 6.02. The van der Waals surface area contributed by atoms with Crippen molar-refractivity contribution >= 4 is 5.91 Å². The van der Waals surface area contributed by atoms with Crippen LogP contribution in [-0.2, 0) is 17.6 Å². The second-order valence-electron chi connectivity index (χ2n) is 9.58. The molecule has 0 N–H and O–H groups in total. The molecule has 2 aromatic heterocycles. The van der Waals surface area contributed by atoms with Crippen LogP contribution in [0.5, 0.6) is 0 Å². The van der Waals surface area contributed by atoms with Gasteiger partial charge >= 0.3 is 0 Å². The van der Waals surface area contributed by atoms with Crippen molar-refractivity contribution in [2.45, 2.75) is 71.6 Å². The predicted molar refractivity (Wildman–Crippen MR) is 128 cm³/mol. The fourth-order valence-corrected chi connectivity index (χ4v) is 4.56. The van der Waals surface area contributed by atoms with E-state index < -0.39 is 0 Å². The molecule has 0 saturated carbocycles. The maximum absolute atomic E-state index is 12.9. The number of aromatic nitrogens is 3. The Balaban J connectivity index is 1.40. The van der Waals surface area contributed by atoms with Gasteiger partial charge < -0.3 is 9.32 Å². The number of likely N-dealkylation sites (tertiary alicyclic amines) is 1. The molecule has 1 atom stereocenters. The topological polar surface area (TPSA) is 72.1 Å². The van der Waals surface area contributed by atoms with Gasteiger partial charge in [-0.3, -0.25) is 9.78 Å². The summed E-state index contributed by atoms with van der Waals surface area (Å²) in [6, 6.07) is 13.1. The van der Waals surface area contributed by atoms with Crippen molar-refractivity contribution in [2.24, 2.45) is 0 Å². The first kappa shape index (κ1) is 23.1. The fourth-order valence-electron chi connectivity index (χ4n) is 4.56. The Bertz CT molecular complexity index is 1110. The lowest BCUT2D eigenvalue weighted by molar-refractivity contribution is -0.132. The minimum absolute atomic E-state index is 0.150. The molecule has 1 amide bonds. The number of nitrogens with zero attached hydrogens (tertiary/aromatic N) is 4. The quantitative estimate of drug-likeness (QED) is 0.503. The Morgan fingerprint density at radius 3 is 2.76 bits per heavy atom. The molecule has 0 spiro atoms. The molecule has 3 aromatic rings. The number of amides is 1. The van der Waals surface area contributed by atoms with Crippen LogP contribution in [0.15, 0.2) is 40.8 Å². The molecule has 1 aromatic carbocycles. The SMILES string of the molecule is Cc1cccc(Cc2cc(C)nc([C@H]3CCCN(C(=O)CCc4nnc(C(C)C)o4)C3)c2)c1. The Kier molecular flexibility index (Phi) is 7.21. The van der Waals surface area contributed by atoms with Gasteiger partial charge in [0.1, 0.15) is 0 Å². The number of hydrogen-bond donors (Lipinski definition) is 0. The van der Waals surface area contributed by atoms with Crippen LogP contribution in [0.1, 0.15) is 84.8 Å². The van der Waals surface area contributed by atoms with Crippen LogP contribution in [0.25, 0.3) is 0 Å². The van der Waals surface area contributed by atoms with Crippen molar-refractivity contribution in [1.82, 2.24) is 20.1 Å². The second-order valence-corrected chi connectivity index (χ2v) is 9.58. The van der Waals surface area contributed by atoms with Crippen LogP contribution in [0.4, 0.5) is 0 Å². The fraction of sp³-hybridized carbons (Fsp3) is 0.481. The van der Waals surface area contributed by atoms with E-state index in [9.17, 15) is 4.79 Å². The van der Waals surface area contributed by atoms with E-state index in [4.69, 9.17) is 9.40 Å². The van der Waals surface area contributed by atoms with E-state index >= 15 is 0 Å². The summed E-state index contributed by atoms with van der Waals surface area (Å²) >= 11 is 0. The molecule has 6 heteroatoms. The van der Waals surface area contributed by atoms with E-state index in [1.165, 1.54) is 16.7 Å². The predicted octanol–water partition coefficient (Wildman–Crippen LogP) is 5.13. The largest absolute Gasteiger partial charge is 0.425 e. The summed E-state index contributed by atoms with van der Waals surface area (Å²) in [5.74, 6) is 1.79. The maximum atomic E-state index is 12.9. The maximum Gasteiger partial charge on any atom is 0.223 e. The van der Waals surface area contributed by atoms with Gasteiger partial charge in [0.25, 0.3) is 0 Å². The van der Waals surface area contributed by atoms with Gasteiger partial charge in [0, 0.05) is 49.2 Å². The third kappa shape index (κ3) is 6.06. The van der Waals surface area contributed by atoms with Crippen molar-refractivity contribution < 1.29 is 9.21 Å². The van der Waals surface area contributed by atoms with E-state index in [1.54, 1.807) is 0 Å². The molecule has 33 heavy (non-hydrogen) atoms. The zero-order chi connectivity index (χ0) is 23.4. The summed E-state index contributed by atoms with van der Waals surface area (Å²) in [6.45, 7) is 9.75. The molecule has 3 heterocycles. The Morgan fingerprint density at radius 1 is 1.15 bits per heavy atom. The number of aryl methyl sites for hydroxylation is 3. The molecule has 0 unspecified atom stereocenters. The highest BCUT2D eigenvalue weighted by Gasteiger charge is 2.26. The number of benzene rings is 1. The minimum atomic E-state index is 0.150. The van der Waals surface area contributed by atoms with Crippen LogP contribution < -0.4 is 0 Å². The standard InChI is InChI=1S/C27H34N4O2/c1-18(2)27-30-29-25(33-27)10-11-26(32)31-12-6-9-23(17-31)24-16-22(14-20(4)28-24)15-21-8-5-7-19(3)13-21/h5,7-8,13-14,16,18,23H,6,9-12,15,17H2,1-4H3/t23-/m0/s1. The van der Waals surface area contributed by atoms with E-state index in [0.29, 0.717) is 24.6 Å². The Hall–Kier alpha value is -3.02. The van der Waals surface area contributed by atoms with Gasteiger partial charge in [-0.15, -0.1) is 10.2 Å². The molecule has 4 rings (SSSR count). The Morgan fingerprint density at radius 2 is 2.00 bits per heavy atom. The van der Waals surface area contributed by atoms with Gasteiger partial charge in [-0.25, -0.2) is 0 Å². The first-order chi connectivity index (χ1) is 15.9. The molecule has 1 fully saturated rings. The Labute approximate surface area is 196 Å². The first-order valence-corrected chi connectivity index (χ1v) is 12.0. The number of hydrogen-bond acceptors (Lipinski definition) is 5. The lowest BCUT2D eigenvalue weighted by Gasteiger charge is -2.33. The molecule has 6 nitrogen and oxygen atoms in total. The van der Waals surface area contributed by atoms with Crippen LogP contribution in [0, 0.1) is 13.8 Å². The van der Waals surface area contributed by atoms with Crippen LogP contribution >= 0.6 is 0 Å². The van der Waals surface area contributed by atoms with Crippen molar-refractivity contribution in [3.63, 3.8) is 0 Å². The number of carbonyl (C=O) groups excluding carboxylic acids is 1. The summed E-state index contributed by atoms with van der Waals surface area (Å²) < 4.78 is 5.65. The second kappa shape index (κ2) is 10.3. The normalized spacial score (nSPS) is 16.4. The van der Waals surface area contributed by atoms with Crippen molar-refractivity contribution in [2.75, 3.05) is 13.1 Å². The van der Waals surface area contributed by atoms with E-state index in [0.717, 1.165) is 43.7 Å². The summed E-state index contributed by atoms with van der Waals surface area (Å²) in [6.07, 6.45) is 3.84. The number of rotatable bonds is 7. The van der Waals surface area contributed by atoms with Gasteiger partial charge in [-0.1, -0.05) is 43.7 Å². The molecule has 1 aliphatic rings. The smallest absolute Gasteiger partial charge is 0.223 e. The van der Waals surface area contributed by atoms with Gasteiger partial charge in [0.2, 0.25) is 17.7 Å². The third-order valence-electron chi connectivity index (χ3n) is 6.25. The van der Waals surface area contributed by atoms with Crippen molar-refractivity contribution in [3.05, 3.63) is 76.3 Å². The molecule has 1 aliphatic heterocycles. The van der Waals surface area contributed by atoms with Gasteiger partial charge in [0.15, 0.2) is 0 Å². The van der Waals surface area contributed by atoms with E-state index in [2.05, 4.69) is 60.4 Å².